The van der Waals surface area contributed by atoms with Crippen molar-refractivity contribution in [3.05, 3.63) is 35.5 Å². The molecule has 1 aromatic heterocycles. The Balaban J connectivity index is 2.06. The third kappa shape index (κ3) is 2.02. The molecule has 18 heavy (non-hydrogen) atoms. The maximum absolute atomic E-state index is 5.91. The molecule has 1 aliphatic rings. The molecule has 0 saturated carbocycles. The Morgan fingerprint density at radius 1 is 1.50 bits per heavy atom. The van der Waals surface area contributed by atoms with Crippen LogP contribution in [0.15, 0.2) is 29.9 Å². The number of nitrogens with zero attached hydrogens (tertiary/aromatic N) is 1. The van der Waals surface area contributed by atoms with Crippen LogP contribution in [0.4, 0.5) is 0 Å². The van der Waals surface area contributed by atoms with E-state index in [1.807, 2.05) is 18.8 Å². The number of fused-ring (bicyclic) bond motifs is 1. The van der Waals surface area contributed by atoms with Crippen LogP contribution < -0.4 is 10.1 Å². The van der Waals surface area contributed by atoms with Crippen LogP contribution in [0.1, 0.15) is 17.9 Å². The smallest absolute Gasteiger partial charge is 0.131 e. The number of rotatable bonds is 3. The molecular weight excluding hydrogens is 244 g/mol. The van der Waals surface area contributed by atoms with Crippen molar-refractivity contribution in [2.75, 3.05) is 20.2 Å². The fourth-order valence-electron chi connectivity index (χ4n) is 2.50. The quantitative estimate of drug-likeness (QED) is 0.921. The minimum atomic E-state index is 0.548. The van der Waals surface area contributed by atoms with Crippen molar-refractivity contribution in [2.24, 2.45) is 0 Å². The first-order valence-electron chi connectivity index (χ1n) is 6.19. The number of hydrogen-bond acceptors (Lipinski definition) is 4. The SMILES string of the molecule is CNC[C@H]1CCOc2c(-c3cncs3)cccc21. The lowest BCUT2D eigenvalue weighted by molar-refractivity contribution is 0.267. The number of hydrogen-bond donors (Lipinski definition) is 1. The fraction of sp³-hybridized carbons (Fsp3) is 0.357. The number of aromatic nitrogens is 1. The first-order valence-corrected chi connectivity index (χ1v) is 7.07. The maximum atomic E-state index is 5.91. The summed E-state index contributed by atoms with van der Waals surface area (Å²) in [6, 6.07) is 6.42. The molecule has 94 valence electrons. The van der Waals surface area contributed by atoms with Gasteiger partial charge in [-0.3, -0.25) is 4.98 Å². The Bertz CT molecular complexity index is 525. The van der Waals surface area contributed by atoms with Gasteiger partial charge in [0.2, 0.25) is 0 Å². The van der Waals surface area contributed by atoms with Gasteiger partial charge >= 0.3 is 0 Å². The van der Waals surface area contributed by atoms with E-state index in [1.165, 1.54) is 16.0 Å². The zero-order valence-electron chi connectivity index (χ0n) is 10.3. The summed E-state index contributed by atoms with van der Waals surface area (Å²) in [7, 11) is 2.00. The summed E-state index contributed by atoms with van der Waals surface area (Å²) in [6.07, 6.45) is 2.99. The monoisotopic (exact) mass is 260 g/mol. The predicted molar refractivity (Wildman–Crippen MR) is 74.3 cm³/mol. The van der Waals surface area contributed by atoms with Crippen LogP contribution in [0.5, 0.6) is 5.75 Å². The lowest BCUT2D eigenvalue weighted by Gasteiger charge is -2.27. The predicted octanol–water partition coefficient (Wildman–Crippen LogP) is 2.90. The van der Waals surface area contributed by atoms with Gasteiger partial charge in [-0.25, -0.2) is 0 Å². The molecule has 3 rings (SSSR count). The largest absolute Gasteiger partial charge is 0.493 e. The van der Waals surface area contributed by atoms with Gasteiger partial charge in [0, 0.05) is 24.2 Å². The van der Waals surface area contributed by atoms with Gasteiger partial charge in [-0.15, -0.1) is 11.3 Å². The summed E-state index contributed by atoms with van der Waals surface area (Å²) < 4.78 is 5.91. The molecule has 0 aliphatic carbocycles. The highest BCUT2D eigenvalue weighted by atomic mass is 32.1. The highest BCUT2D eigenvalue weighted by Crippen LogP contribution is 2.41. The molecule has 3 nitrogen and oxygen atoms in total. The van der Waals surface area contributed by atoms with Gasteiger partial charge in [0.1, 0.15) is 5.75 Å². The molecule has 0 saturated heterocycles. The van der Waals surface area contributed by atoms with Crippen molar-refractivity contribution in [3.63, 3.8) is 0 Å². The molecule has 0 unspecified atom stereocenters. The molecule has 4 heteroatoms. The third-order valence-electron chi connectivity index (χ3n) is 3.35. The lowest BCUT2D eigenvalue weighted by Crippen LogP contribution is -2.23. The van der Waals surface area contributed by atoms with Crippen LogP contribution in [0, 0.1) is 0 Å². The number of nitrogens with one attached hydrogen (secondary N) is 1. The van der Waals surface area contributed by atoms with Gasteiger partial charge < -0.3 is 10.1 Å². The van der Waals surface area contributed by atoms with Gasteiger partial charge in [0.25, 0.3) is 0 Å². The summed E-state index contributed by atoms with van der Waals surface area (Å²) in [6.45, 7) is 1.80. The first-order chi connectivity index (χ1) is 8.90. The van der Waals surface area contributed by atoms with E-state index in [0.29, 0.717) is 5.92 Å². The number of para-hydroxylation sites is 1. The summed E-state index contributed by atoms with van der Waals surface area (Å²) in [5.74, 6) is 1.60. The van der Waals surface area contributed by atoms with E-state index in [0.717, 1.165) is 25.3 Å². The molecule has 0 spiro atoms. The van der Waals surface area contributed by atoms with E-state index in [1.54, 1.807) is 11.3 Å². The standard InChI is InChI=1S/C14H16N2OS/c1-15-7-10-5-6-17-14-11(10)3-2-4-12(14)13-8-16-9-18-13/h2-4,8-10,15H,5-7H2,1H3/t10-/m1/s1. The van der Waals surface area contributed by atoms with E-state index < -0.39 is 0 Å². The van der Waals surface area contributed by atoms with Crippen molar-refractivity contribution in [1.82, 2.24) is 10.3 Å². The average Bonchev–Trinajstić information content (AvgIpc) is 2.93. The van der Waals surface area contributed by atoms with Crippen molar-refractivity contribution in [3.8, 4) is 16.2 Å². The van der Waals surface area contributed by atoms with Crippen molar-refractivity contribution < 1.29 is 4.74 Å². The molecule has 0 radical (unpaired) electrons. The summed E-state index contributed by atoms with van der Waals surface area (Å²) >= 11 is 1.66. The summed E-state index contributed by atoms with van der Waals surface area (Å²) in [4.78, 5) is 5.33. The zero-order chi connectivity index (χ0) is 12.4. The second-order valence-electron chi connectivity index (χ2n) is 4.48. The second-order valence-corrected chi connectivity index (χ2v) is 5.37. The topological polar surface area (TPSA) is 34.1 Å². The van der Waals surface area contributed by atoms with Crippen LogP contribution in [0.2, 0.25) is 0 Å². The first kappa shape index (κ1) is 11.7. The summed E-state index contributed by atoms with van der Waals surface area (Å²) in [5, 5.41) is 3.27. The highest BCUT2D eigenvalue weighted by molar-refractivity contribution is 7.13. The van der Waals surface area contributed by atoms with E-state index in [4.69, 9.17) is 4.74 Å². The molecule has 1 N–H and O–H groups in total. The molecule has 1 aliphatic heterocycles. The third-order valence-corrected chi connectivity index (χ3v) is 4.15. The molecule has 2 heterocycles. The minimum Gasteiger partial charge on any atom is -0.493 e. The molecule has 1 atom stereocenters. The number of thiazole rings is 1. The normalized spacial score (nSPS) is 18.2. The Morgan fingerprint density at radius 3 is 3.22 bits per heavy atom. The van der Waals surface area contributed by atoms with Crippen LogP contribution >= 0.6 is 11.3 Å². The van der Waals surface area contributed by atoms with Crippen LogP contribution in [0.25, 0.3) is 10.4 Å². The lowest BCUT2D eigenvalue weighted by atomic mass is 9.91. The van der Waals surface area contributed by atoms with Gasteiger partial charge in [-0.2, -0.15) is 0 Å². The van der Waals surface area contributed by atoms with Gasteiger partial charge in [0.05, 0.1) is 17.0 Å². The van der Waals surface area contributed by atoms with Crippen molar-refractivity contribution in [1.29, 1.82) is 0 Å². The van der Waals surface area contributed by atoms with Crippen molar-refractivity contribution >= 4 is 11.3 Å². The Labute approximate surface area is 111 Å². The van der Waals surface area contributed by atoms with Gasteiger partial charge in [-0.05, 0) is 25.1 Å². The second kappa shape index (κ2) is 5.08. The minimum absolute atomic E-state index is 0.548. The van der Waals surface area contributed by atoms with E-state index in [-0.39, 0.29) is 0 Å². The molecule has 0 bridgehead atoms. The fourth-order valence-corrected chi connectivity index (χ4v) is 3.14. The van der Waals surface area contributed by atoms with E-state index in [9.17, 15) is 0 Å². The Hall–Kier alpha value is -1.39. The maximum Gasteiger partial charge on any atom is 0.131 e. The zero-order valence-corrected chi connectivity index (χ0v) is 11.2. The number of ether oxygens (including phenoxy) is 1. The van der Waals surface area contributed by atoms with Crippen LogP contribution in [-0.2, 0) is 0 Å². The Kier molecular flexibility index (Phi) is 3.30. The van der Waals surface area contributed by atoms with Crippen LogP contribution in [0.3, 0.4) is 0 Å². The van der Waals surface area contributed by atoms with Crippen LogP contribution in [-0.4, -0.2) is 25.2 Å². The molecule has 0 fully saturated rings. The average molecular weight is 260 g/mol. The molecule has 1 aromatic carbocycles. The van der Waals surface area contributed by atoms with E-state index >= 15 is 0 Å². The number of benzene rings is 1. The van der Waals surface area contributed by atoms with Crippen molar-refractivity contribution in [2.45, 2.75) is 12.3 Å². The van der Waals surface area contributed by atoms with Gasteiger partial charge in [0.15, 0.2) is 0 Å². The van der Waals surface area contributed by atoms with Gasteiger partial charge in [-0.1, -0.05) is 12.1 Å². The molecule has 2 aromatic rings. The molecular formula is C14H16N2OS. The molecule has 0 amide bonds. The summed E-state index contributed by atoms with van der Waals surface area (Å²) in [5.41, 5.74) is 4.36. The Morgan fingerprint density at radius 2 is 2.44 bits per heavy atom. The highest BCUT2D eigenvalue weighted by Gasteiger charge is 2.23. The number of likely N-dealkylation sites (N-methyl/N-ethyl adjacent to an activating group) is 1. The van der Waals surface area contributed by atoms with E-state index in [2.05, 4.69) is 28.5 Å².